The molecule has 3 heteroatoms. The number of benzene rings is 1. The highest BCUT2D eigenvalue weighted by atomic mass is 79.9. The Labute approximate surface area is 140 Å². The van der Waals surface area contributed by atoms with Crippen LogP contribution in [0.4, 0.5) is 0 Å². The number of hydrogen-bond donors (Lipinski definition) is 1. The van der Waals surface area contributed by atoms with E-state index < -0.39 is 0 Å². The van der Waals surface area contributed by atoms with Crippen LogP contribution in [-0.2, 0) is 0 Å². The molecule has 0 radical (unpaired) electrons. The minimum absolute atomic E-state index is 0.496. The van der Waals surface area contributed by atoms with E-state index in [9.17, 15) is 0 Å². The molecule has 1 unspecified atom stereocenters. The molecule has 1 N–H and O–H groups in total. The van der Waals surface area contributed by atoms with Gasteiger partial charge in [-0.2, -0.15) is 0 Å². The zero-order valence-corrected chi connectivity index (χ0v) is 15.5. The van der Waals surface area contributed by atoms with E-state index in [-0.39, 0.29) is 0 Å². The molecule has 1 aromatic carbocycles. The van der Waals surface area contributed by atoms with Crippen molar-refractivity contribution in [3.05, 3.63) is 32.7 Å². The fourth-order valence-electron chi connectivity index (χ4n) is 3.23. The van der Waals surface area contributed by atoms with Gasteiger partial charge in [0, 0.05) is 15.0 Å². The van der Waals surface area contributed by atoms with Crippen molar-refractivity contribution in [1.29, 1.82) is 0 Å². The molecule has 0 saturated heterocycles. The third kappa shape index (κ3) is 4.57. The summed E-state index contributed by atoms with van der Waals surface area (Å²) in [7, 11) is 0. The minimum atomic E-state index is 0.496. The van der Waals surface area contributed by atoms with E-state index in [2.05, 4.69) is 62.3 Å². The van der Waals surface area contributed by atoms with Crippen molar-refractivity contribution in [2.75, 3.05) is 6.54 Å². The number of nitrogens with one attached hydrogen (secondary N) is 1. The molecular weight excluding hydrogens is 378 g/mol. The third-order valence-electron chi connectivity index (χ3n) is 4.28. The van der Waals surface area contributed by atoms with E-state index in [1.54, 1.807) is 0 Å². The maximum Gasteiger partial charge on any atom is 0.0359 e. The summed E-state index contributed by atoms with van der Waals surface area (Å²) in [6, 6.07) is 7.10. The monoisotopic (exact) mass is 401 g/mol. The summed E-state index contributed by atoms with van der Waals surface area (Å²) in [4.78, 5) is 0. The summed E-state index contributed by atoms with van der Waals surface area (Å²) in [6.45, 7) is 3.34. The Morgan fingerprint density at radius 3 is 2.45 bits per heavy atom. The molecular formula is C17H25Br2N. The van der Waals surface area contributed by atoms with Crippen LogP contribution in [0.3, 0.4) is 0 Å². The fourth-order valence-corrected chi connectivity index (χ4v) is 4.52. The van der Waals surface area contributed by atoms with Crippen LogP contribution < -0.4 is 5.32 Å². The predicted octanol–water partition coefficient (Wildman–Crippen LogP) is 6.22. The van der Waals surface area contributed by atoms with Gasteiger partial charge in [-0.25, -0.2) is 0 Å². The molecule has 1 aliphatic rings. The van der Waals surface area contributed by atoms with E-state index in [4.69, 9.17) is 0 Å². The molecule has 0 spiro atoms. The predicted molar refractivity (Wildman–Crippen MR) is 94.1 cm³/mol. The number of rotatable bonds is 5. The molecule has 1 atom stereocenters. The van der Waals surface area contributed by atoms with Gasteiger partial charge in [0.05, 0.1) is 0 Å². The maximum absolute atomic E-state index is 3.80. The number of hydrogen-bond acceptors (Lipinski definition) is 1. The van der Waals surface area contributed by atoms with Crippen LogP contribution in [-0.4, -0.2) is 6.54 Å². The SMILES string of the molecule is CCCNC(c1ccc(Br)cc1Br)C1CCCCCC1. The average Bonchev–Trinajstić information content (AvgIpc) is 2.70. The lowest BCUT2D eigenvalue weighted by Crippen LogP contribution is -2.29. The first-order valence-corrected chi connectivity index (χ1v) is 9.49. The largest absolute Gasteiger partial charge is 0.310 e. The molecule has 0 aromatic heterocycles. The second kappa shape index (κ2) is 8.55. The summed E-state index contributed by atoms with van der Waals surface area (Å²) in [6.07, 6.45) is 9.54. The molecule has 20 heavy (non-hydrogen) atoms. The van der Waals surface area contributed by atoms with Gasteiger partial charge in [-0.05, 0) is 49.4 Å². The Kier molecular flexibility index (Phi) is 7.06. The molecule has 2 rings (SSSR count). The summed E-state index contributed by atoms with van der Waals surface area (Å²) >= 11 is 7.31. The van der Waals surface area contributed by atoms with E-state index in [0.29, 0.717) is 6.04 Å². The zero-order chi connectivity index (χ0) is 14.4. The molecule has 112 valence electrons. The lowest BCUT2D eigenvalue weighted by molar-refractivity contribution is 0.325. The second-order valence-corrected chi connectivity index (χ2v) is 7.62. The van der Waals surface area contributed by atoms with Gasteiger partial charge in [0.25, 0.3) is 0 Å². The molecule has 0 heterocycles. The summed E-state index contributed by atoms with van der Waals surface area (Å²) < 4.78 is 2.37. The maximum atomic E-state index is 3.80. The van der Waals surface area contributed by atoms with Crippen LogP contribution in [0, 0.1) is 5.92 Å². The van der Waals surface area contributed by atoms with Crippen LogP contribution in [0.5, 0.6) is 0 Å². The molecule has 0 aliphatic heterocycles. The van der Waals surface area contributed by atoms with Crippen molar-refractivity contribution in [1.82, 2.24) is 5.32 Å². The lowest BCUT2D eigenvalue weighted by atomic mass is 9.87. The number of halogens is 2. The first kappa shape index (κ1) is 16.5. The van der Waals surface area contributed by atoms with Gasteiger partial charge < -0.3 is 5.32 Å². The smallest absolute Gasteiger partial charge is 0.0359 e. The standard InChI is InChI=1S/C17H25Br2N/c1-2-11-20-17(13-7-5-3-4-6-8-13)15-10-9-14(18)12-16(15)19/h9-10,12-13,17,20H,2-8,11H2,1H3. The molecule has 0 amide bonds. The van der Waals surface area contributed by atoms with Gasteiger partial charge in [-0.3, -0.25) is 0 Å². The van der Waals surface area contributed by atoms with E-state index in [1.165, 1.54) is 55.0 Å². The Bertz CT molecular complexity index is 411. The summed E-state index contributed by atoms with van der Waals surface area (Å²) in [5.74, 6) is 0.779. The van der Waals surface area contributed by atoms with Crippen LogP contribution in [0.15, 0.2) is 27.1 Å². The molecule has 0 bridgehead atoms. The molecule has 1 aliphatic carbocycles. The second-order valence-electron chi connectivity index (χ2n) is 5.85. The van der Waals surface area contributed by atoms with E-state index in [1.807, 2.05) is 0 Å². The van der Waals surface area contributed by atoms with Gasteiger partial charge >= 0.3 is 0 Å². The minimum Gasteiger partial charge on any atom is -0.310 e. The molecule has 1 fully saturated rings. The molecule has 1 saturated carbocycles. The van der Waals surface area contributed by atoms with Crippen LogP contribution in [0.25, 0.3) is 0 Å². The van der Waals surface area contributed by atoms with Gasteiger partial charge in [0.15, 0.2) is 0 Å². The summed E-state index contributed by atoms with van der Waals surface area (Å²) in [5.41, 5.74) is 1.42. The first-order chi connectivity index (χ1) is 9.72. The quantitative estimate of drug-likeness (QED) is 0.576. The highest BCUT2D eigenvalue weighted by Gasteiger charge is 2.25. The van der Waals surface area contributed by atoms with Crippen molar-refractivity contribution in [2.24, 2.45) is 5.92 Å². The van der Waals surface area contributed by atoms with Gasteiger partial charge in [-0.15, -0.1) is 0 Å². The Morgan fingerprint density at radius 1 is 1.15 bits per heavy atom. The lowest BCUT2D eigenvalue weighted by Gasteiger charge is -2.29. The third-order valence-corrected chi connectivity index (χ3v) is 5.46. The highest BCUT2D eigenvalue weighted by Crippen LogP contribution is 2.37. The van der Waals surface area contributed by atoms with Crippen LogP contribution in [0.1, 0.15) is 63.5 Å². The van der Waals surface area contributed by atoms with Crippen molar-refractivity contribution in [3.8, 4) is 0 Å². The van der Waals surface area contributed by atoms with Gasteiger partial charge in [0.2, 0.25) is 0 Å². The van der Waals surface area contributed by atoms with Crippen molar-refractivity contribution in [2.45, 2.75) is 57.9 Å². The van der Waals surface area contributed by atoms with Gasteiger partial charge in [-0.1, -0.05) is 70.5 Å². The van der Waals surface area contributed by atoms with Crippen molar-refractivity contribution >= 4 is 31.9 Å². The molecule has 1 aromatic rings. The molecule has 1 nitrogen and oxygen atoms in total. The van der Waals surface area contributed by atoms with E-state index in [0.717, 1.165) is 16.9 Å². The summed E-state index contributed by atoms with van der Waals surface area (Å²) in [5, 5.41) is 3.80. The van der Waals surface area contributed by atoms with Crippen LogP contribution >= 0.6 is 31.9 Å². The van der Waals surface area contributed by atoms with Gasteiger partial charge in [0.1, 0.15) is 0 Å². The highest BCUT2D eigenvalue weighted by molar-refractivity contribution is 9.11. The first-order valence-electron chi connectivity index (χ1n) is 7.90. The normalized spacial score (nSPS) is 18.8. The zero-order valence-electron chi connectivity index (χ0n) is 12.3. The van der Waals surface area contributed by atoms with Crippen molar-refractivity contribution < 1.29 is 0 Å². The average molecular weight is 403 g/mol. The Hall–Kier alpha value is 0.140. The Balaban J connectivity index is 2.20. The topological polar surface area (TPSA) is 12.0 Å². The van der Waals surface area contributed by atoms with Crippen molar-refractivity contribution in [3.63, 3.8) is 0 Å². The Morgan fingerprint density at radius 2 is 1.85 bits per heavy atom. The fraction of sp³-hybridized carbons (Fsp3) is 0.647. The van der Waals surface area contributed by atoms with E-state index >= 15 is 0 Å². The van der Waals surface area contributed by atoms with Crippen LogP contribution in [0.2, 0.25) is 0 Å².